The monoisotopic (exact) mass is 487 g/mol. The lowest BCUT2D eigenvalue weighted by Gasteiger charge is -2.34. The Morgan fingerprint density at radius 2 is 1.97 bits per heavy atom. The van der Waals surface area contributed by atoms with Gasteiger partial charge in [0.15, 0.2) is 5.82 Å². The van der Waals surface area contributed by atoms with E-state index in [2.05, 4.69) is 31.2 Å². The average Bonchev–Trinajstić information content (AvgIpc) is 3.07. The summed E-state index contributed by atoms with van der Waals surface area (Å²) in [4.78, 5) is 34.7. The first-order valence-corrected chi connectivity index (χ1v) is 9.98. The summed E-state index contributed by atoms with van der Waals surface area (Å²) < 4.78 is 0.283. The van der Waals surface area contributed by atoms with Crippen LogP contribution in [0.1, 0.15) is 33.7 Å². The smallest absolute Gasteiger partial charge is 0.339 e. The molecule has 1 aliphatic rings. The number of anilines is 2. The van der Waals surface area contributed by atoms with Gasteiger partial charge in [0, 0.05) is 12.4 Å². The number of carboxylic acid groups (broad SMARTS) is 1. The van der Waals surface area contributed by atoms with Crippen LogP contribution in [0.4, 0.5) is 11.5 Å². The molecule has 0 spiro atoms. The van der Waals surface area contributed by atoms with E-state index in [1.54, 1.807) is 11.0 Å². The molecule has 2 aromatic heterocycles. The molecule has 8 nitrogen and oxygen atoms in total. The number of primary amides is 1. The first-order valence-electron chi connectivity index (χ1n) is 8.81. The molecule has 30 heavy (non-hydrogen) atoms. The number of carbonyl (C=O) groups excluding carboxylic acids is 1. The number of nitrogens with one attached hydrogen (secondary N) is 1. The first-order chi connectivity index (χ1) is 14.4. The number of carbonyl (C=O) groups is 2. The molecule has 0 fully saturated rings. The lowest BCUT2D eigenvalue weighted by Crippen LogP contribution is -2.40. The number of benzene rings is 1. The number of halogens is 2. The number of aromatic carboxylic acids is 1. The number of nitrogens with two attached hydrogens (primary N) is 1. The molecule has 0 aliphatic carbocycles. The SMILES string of the molecule is NC(=O)C(c1ccnc(Cl)c1)N1c2c(ncc(Br)c2C(=O)O)NC1c1ccccc1. The van der Waals surface area contributed by atoms with E-state index in [1.807, 2.05) is 30.3 Å². The highest BCUT2D eigenvalue weighted by Crippen LogP contribution is 2.48. The van der Waals surface area contributed by atoms with E-state index in [4.69, 9.17) is 17.3 Å². The number of pyridine rings is 2. The van der Waals surface area contributed by atoms with Crippen molar-refractivity contribution >= 4 is 50.9 Å². The van der Waals surface area contributed by atoms with Gasteiger partial charge >= 0.3 is 5.97 Å². The maximum atomic E-state index is 12.7. The van der Waals surface area contributed by atoms with E-state index in [1.165, 1.54) is 18.5 Å². The lowest BCUT2D eigenvalue weighted by atomic mass is 10.0. The topological polar surface area (TPSA) is 121 Å². The third-order valence-electron chi connectivity index (χ3n) is 4.76. The fourth-order valence-electron chi connectivity index (χ4n) is 3.57. The number of aromatic nitrogens is 2. The third-order valence-corrected chi connectivity index (χ3v) is 5.57. The lowest BCUT2D eigenvalue weighted by molar-refractivity contribution is -0.119. The van der Waals surface area contributed by atoms with Gasteiger partial charge in [0.25, 0.3) is 0 Å². The van der Waals surface area contributed by atoms with Gasteiger partial charge in [-0.15, -0.1) is 0 Å². The van der Waals surface area contributed by atoms with Crippen LogP contribution in [0.2, 0.25) is 5.15 Å². The van der Waals surface area contributed by atoms with Gasteiger partial charge in [0.1, 0.15) is 22.9 Å². The molecule has 152 valence electrons. The van der Waals surface area contributed by atoms with Crippen molar-refractivity contribution < 1.29 is 14.7 Å². The van der Waals surface area contributed by atoms with E-state index in [9.17, 15) is 14.7 Å². The second kappa shape index (κ2) is 7.92. The molecule has 0 saturated carbocycles. The highest BCUT2D eigenvalue weighted by Gasteiger charge is 2.42. The Labute approximate surface area is 184 Å². The van der Waals surface area contributed by atoms with Gasteiger partial charge in [-0.2, -0.15) is 0 Å². The Morgan fingerprint density at radius 3 is 2.60 bits per heavy atom. The molecule has 3 aromatic rings. The fraction of sp³-hybridized carbons (Fsp3) is 0.100. The number of nitrogens with zero attached hydrogens (tertiary/aromatic N) is 3. The highest BCUT2D eigenvalue weighted by molar-refractivity contribution is 9.10. The molecule has 10 heteroatoms. The van der Waals surface area contributed by atoms with Crippen LogP contribution in [-0.2, 0) is 4.79 Å². The van der Waals surface area contributed by atoms with Crippen LogP contribution < -0.4 is 16.0 Å². The summed E-state index contributed by atoms with van der Waals surface area (Å²) >= 11 is 9.31. The largest absolute Gasteiger partial charge is 0.478 e. The summed E-state index contributed by atoms with van der Waals surface area (Å²) in [6.45, 7) is 0. The van der Waals surface area contributed by atoms with Crippen LogP contribution in [0.25, 0.3) is 0 Å². The standard InChI is InChI=1S/C20H15BrClN5O3/c21-12-9-25-18-16(14(12)20(29)30)27(19(26-18)10-4-2-1-3-5-10)15(17(23)28)11-6-7-24-13(22)8-11/h1-9,15,19H,(H2,23,28)(H,25,26)(H,29,30). The Balaban J connectivity index is 1.98. The van der Waals surface area contributed by atoms with E-state index in [0.717, 1.165) is 5.56 Å². The van der Waals surface area contributed by atoms with Gasteiger partial charge in [0.05, 0.1) is 10.2 Å². The molecule has 3 heterocycles. The Morgan fingerprint density at radius 1 is 1.23 bits per heavy atom. The zero-order valence-electron chi connectivity index (χ0n) is 15.3. The van der Waals surface area contributed by atoms with Gasteiger partial charge in [-0.1, -0.05) is 41.9 Å². The van der Waals surface area contributed by atoms with Crippen LogP contribution >= 0.6 is 27.5 Å². The Kier molecular flexibility index (Phi) is 5.31. The van der Waals surface area contributed by atoms with Crippen molar-refractivity contribution in [2.24, 2.45) is 5.73 Å². The molecule has 0 saturated heterocycles. The van der Waals surface area contributed by atoms with Crippen LogP contribution in [0.5, 0.6) is 0 Å². The zero-order chi connectivity index (χ0) is 21.4. The van der Waals surface area contributed by atoms with Crippen molar-refractivity contribution in [2.75, 3.05) is 10.2 Å². The summed E-state index contributed by atoms with van der Waals surface area (Å²) in [5.41, 5.74) is 7.31. The molecule has 1 aliphatic heterocycles. The minimum Gasteiger partial charge on any atom is -0.478 e. The normalized spacial score (nSPS) is 15.9. The van der Waals surface area contributed by atoms with E-state index < -0.39 is 24.1 Å². The fourth-order valence-corrected chi connectivity index (χ4v) is 4.22. The molecule has 1 amide bonds. The Bertz CT molecular complexity index is 1140. The van der Waals surface area contributed by atoms with E-state index in [-0.39, 0.29) is 20.9 Å². The highest BCUT2D eigenvalue weighted by atomic mass is 79.9. The van der Waals surface area contributed by atoms with Crippen molar-refractivity contribution in [3.8, 4) is 0 Å². The van der Waals surface area contributed by atoms with E-state index >= 15 is 0 Å². The van der Waals surface area contributed by atoms with Crippen molar-refractivity contribution in [2.45, 2.75) is 12.2 Å². The number of hydrogen-bond acceptors (Lipinski definition) is 6. The maximum Gasteiger partial charge on any atom is 0.339 e. The Hall–Kier alpha value is -3.17. The molecule has 2 atom stereocenters. The van der Waals surface area contributed by atoms with Crippen LogP contribution in [0, 0.1) is 0 Å². The van der Waals surface area contributed by atoms with Gasteiger partial charge < -0.3 is 21.1 Å². The van der Waals surface area contributed by atoms with Gasteiger partial charge in [-0.25, -0.2) is 14.8 Å². The number of carboxylic acids is 1. The summed E-state index contributed by atoms with van der Waals surface area (Å²) in [6.07, 6.45) is 2.28. The van der Waals surface area contributed by atoms with Gasteiger partial charge in [0.2, 0.25) is 5.91 Å². The summed E-state index contributed by atoms with van der Waals surface area (Å²) in [6, 6.07) is 11.4. The number of fused-ring (bicyclic) bond motifs is 1. The molecule has 4 rings (SSSR count). The van der Waals surface area contributed by atoms with Crippen molar-refractivity contribution in [1.29, 1.82) is 0 Å². The van der Waals surface area contributed by atoms with Crippen LogP contribution in [-0.4, -0.2) is 27.0 Å². The minimum absolute atomic E-state index is 0.0302. The number of hydrogen-bond donors (Lipinski definition) is 3. The minimum atomic E-state index is -1.17. The predicted octanol–water partition coefficient (Wildman–Crippen LogP) is 3.75. The summed E-state index contributed by atoms with van der Waals surface area (Å²) in [5, 5.41) is 13.3. The van der Waals surface area contributed by atoms with Crippen molar-refractivity contribution in [3.63, 3.8) is 0 Å². The first kappa shape index (κ1) is 20.1. The molecule has 4 N–H and O–H groups in total. The zero-order valence-corrected chi connectivity index (χ0v) is 17.6. The summed E-state index contributed by atoms with van der Waals surface area (Å²) in [5.74, 6) is -1.52. The van der Waals surface area contributed by atoms with Gasteiger partial charge in [-0.05, 0) is 39.2 Å². The molecule has 0 bridgehead atoms. The predicted molar refractivity (Wildman–Crippen MR) is 115 cm³/mol. The van der Waals surface area contributed by atoms with Crippen molar-refractivity contribution in [3.05, 3.63) is 81.2 Å². The number of amides is 1. The second-order valence-electron chi connectivity index (χ2n) is 6.57. The number of rotatable bonds is 5. The third kappa shape index (κ3) is 3.46. The van der Waals surface area contributed by atoms with E-state index in [0.29, 0.717) is 11.4 Å². The van der Waals surface area contributed by atoms with Crippen molar-refractivity contribution in [1.82, 2.24) is 9.97 Å². The van der Waals surface area contributed by atoms with Crippen LogP contribution in [0.15, 0.2) is 59.3 Å². The molecule has 1 aromatic carbocycles. The average molecular weight is 489 g/mol. The molecular formula is C20H15BrClN5O3. The molecule has 2 unspecified atom stereocenters. The van der Waals surface area contributed by atoms with Crippen LogP contribution in [0.3, 0.4) is 0 Å². The van der Waals surface area contributed by atoms with Gasteiger partial charge in [-0.3, -0.25) is 4.79 Å². The quantitative estimate of drug-likeness (QED) is 0.468. The molecular weight excluding hydrogens is 474 g/mol. The maximum absolute atomic E-state index is 12.7. The molecule has 0 radical (unpaired) electrons. The second-order valence-corrected chi connectivity index (χ2v) is 7.81. The summed E-state index contributed by atoms with van der Waals surface area (Å²) in [7, 11) is 0.